The molecule has 9 heteroatoms. The van der Waals surface area contributed by atoms with Crippen LogP contribution in [0.5, 0.6) is 0 Å². The van der Waals surface area contributed by atoms with E-state index < -0.39 is 15.1 Å². The predicted molar refractivity (Wildman–Crippen MR) is 124 cm³/mol. The molecule has 2 aromatic carbocycles. The van der Waals surface area contributed by atoms with Crippen LogP contribution >= 0.6 is 11.3 Å². The largest absolute Gasteiger partial charge is 0.462 e. The number of hydrogen-bond donors (Lipinski definition) is 0. The number of rotatable bonds is 7. The van der Waals surface area contributed by atoms with Crippen molar-refractivity contribution < 1.29 is 22.7 Å². The highest BCUT2D eigenvalue weighted by atomic mass is 32.2. The first-order chi connectivity index (χ1) is 15.2. The molecule has 0 saturated carbocycles. The molecular formula is C23H26N2O5S2. The van der Waals surface area contributed by atoms with Crippen LogP contribution in [-0.2, 0) is 32.3 Å². The highest BCUT2D eigenvalue weighted by Gasteiger charge is 2.19. The molecule has 1 amide bonds. The average Bonchev–Trinajstić information content (AvgIpc) is 3.09. The molecule has 0 spiro atoms. The van der Waals surface area contributed by atoms with Crippen LogP contribution in [0, 0.1) is 0 Å². The van der Waals surface area contributed by atoms with E-state index in [1.54, 1.807) is 45.0 Å². The Morgan fingerprint density at radius 1 is 1.09 bits per heavy atom. The van der Waals surface area contributed by atoms with Crippen LogP contribution in [0.2, 0.25) is 0 Å². The van der Waals surface area contributed by atoms with Crippen LogP contribution in [0.1, 0.15) is 43.6 Å². The first kappa shape index (κ1) is 23.9. The molecule has 32 heavy (non-hydrogen) atoms. The number of sulfone groups is 1. The van der Waals surface area contributed by atoms with Gasteiger partial charge in [0.2, 0.25) is 0 Å². The van der Waals surface area contributed by atoms with Crippen LogP contribution in [0.3, 0.4) is 0 Å². The Labute approximate surface area is 191 Å². The van der Waals surface area contributed by atoms with Crippen molar-refractivity contribution in [3.8, 4) is 0 Å². The lowest BCUT2D eigenvalue weighted by Gasteiger charge is -2.08. The lowest BCUT2D eigenvalue weighted by molar-refractivity contribution is -0.117. The van der Waals surface area contributed by atoms with E-state index in [4.69, 9.17) is 4.74 Å². The van der Waals surface area contributed by atoms with Crippen molar-refractivity contribution in [2.45, 2.75) is 50.8 Å². The molecule has 0 aliphatic carbocycles. The number of ether oxygens (including phenoxy) is 1. The number of carbonyl (C=O) groups is 2. The van der Waals surface area contributed by atoms with Gasteiger partial charge in [-0.1, -0.05) is 23.5 Å². The van der Waals surface area contributed by atoms with Gasteiger partial charge >= 0.3 is 5.97 Å². The van der Waals surface area contributed by atoms with Gasteiger partial charge in [-0.15, -0.1) is 0 Å². The highest BCUT2D eigenvalue weighted by molar-refractivity contribution is 7.92. The Balaban J connectivity index is 1.88. The Hall–Kier alpha value is -2.78. The molecule has 3 rings (SSSR count). The molecule has 0 unspecified atom stereocenters. The third-order valence-electron chi connectivity index (χ3n) is 4.96. The van der Waals surface area contributed by atoms with Gasteiger partial charge in [0.25, 0.3) is 5.91 Å². The van der Waals surface area contributed by atoms with Crippen molar-refractivity contribution in [1.82, 2.24) is 4.57 Å². The second kappa shape index (κ2) is 9.79. The molecule has 0 bridgehead atoms. The van der Waals surface area contributed by atoms with Gasteiger partial charge in [-0.2, -0.15) is 4.99 Å². The third-order valence-corrected chi connectivity index (χ3v) is 8.17. The maximum atomic E-state index is 12.6. The van der Waals surface area contributed by atoms with Crippen molar-refractivity contribution in [2.75, 3.05) is 6.61 Å². The molecule has 1 aromatic heterocycles. The lowest BCUT2D eigenvalue weighted by Crippen LogP contribution is -2.16. The van der Waals surface area contributed by atoms with Gasteiger partial charge in [0.05, 0.1) is 39.0 Å². The number of nitrogens with zero attached hydrogens (tertiary/aromatic N) is 2. The maximum absolute atomic E-state index is 12.6. The number of aromatic nitrogens is 1. The summed E-state index contributed by atoms with van der Waals surface area (Å²) in [7, 11) is -3.35. The second-order valence-electron chi connectivity index (χ2n) is 7.45. The van der Waals surface area contributed by atoms with Gasteiger partial charge in [0.1, 0.15) is 0 Å². The molecule has 0 N–H and O–H groups in total. The minimum Gasteiger partial charge on any atom is -0.462 e. The highest BCUT2D eigenvalue weighted by Crippen LogP contribution is 2.20. The second-order valence-corrected chi connectivity index (χ2v) is 11.0. The zero-order valence-corrected chi connectivity index (χ0v) is 20.1. The first-order valence-electron chi connectivity index (χ1n) is 10.4. The zero-order valence-electron chi connectivity index (χ0n) is 18.5. The van der Waals surface area contributed by atoms with Crippen LogP contribution < -0.4 is 4.80 Å². The molecule has 0 fully saturated rings. The van der Waals surface area contributed by atoms with Crippen LogP contribution in [-0.4, -0.2) is 36.7 Å². The fourth-order valence-electron chi connectivity index (χ4n) is 3.20. The summed E-state index contributed by atoms with van der Waals surface area (Å²) < 4.78 is 32.3. The summed E-state index contributed by atoms with van der Waals surface area (Å²) in [6.07, 6.45) is 0.0635. The smallest absolute Gasteiger partial charge is 0.338 e. The summed E-state index contributed by atoms with van der Waals surface area (Å²) in [6, 6.07) is 11.6. The topological polar surface area (TPSA) is 94.8 Å². The monoisotopic (exact) mass is 474 g/mol. The summed E-state index contributed by atoms with van der Waals surface area (Å²) in [4.78, 5) is 29.7. The molecule has 3 aromatic rings. The van der Waals surface area contributed by atoms with Gasteiger partial charge in [-0.3, -0.25) is 4.79 Å². The van der Waals surface area contributed by atoms with Gasteiger partial charge in [0.15, 0.2) is 14.6 Å². The van der Waals surface area contributed by atoms with E-state index in [2.05, 4.69) is 4.99 Å². The minimum absolute atomic E-state index is 0.0635. The number of aryl methyl sites for hydroxylation is 1. The minimum atomic E-state index is -3.35. The van der Waals surface area contributed by atoms with Crippen molar-refractivity contribution in [3.63, 3.8) is 0 Å². The molecule has 0 saturated heterocycles. The summed E-state index contributed by atoms with van der Waals surface area (Å²) in [5, 5.41) is -0.508. The number of esters is 1. The van der Waals surface area contributed by atoms with E-state index in [0.29, 0.717) is 29.1 Å². The van der Waals surface area contributed by atoms with Crippen molar-refractivity contribution >= 4 is 43.3 Å². The lowest BCUT2D eigenvalue weighted by atomic mass is 10.1. The van der Waals surface area contributed by atoms with E-state index in [1.165, 1.54) is 23.5 Å². The van der Waals surface area contributed by atoms with Crippen molar-refractivity contribution in [1.29, 1.82) is 0 Å². The van der Waals surface area contributed by atoms with E-state index in [0.717, 1.165) is 10.2 Å². The Morgan fingerprint density at radius 2 is 1.78 bits per heavy atom. The summed E-state index contributed by atoms with van der Waals surface area (Å²) >= 11 is 1.33. The van der Waals surface area contributed by atoms with Gasteiger partial charge < -0.3 is 9.30 Å². The predicted octanol–water partition coefficient (Wildman–Crippen LogP) is 3.75. The SMILES string of the molecule is CCOC(=O)c1ccc2c(c1)sc(=NC(=O)Cc1ccc(S(=O)(=O)C(C)C)cc1)n2CC. The number of benzene rings is 2. The number of thiazole rings is 1. The van der Waals surface area contributed by atoms with Crippen molar-refractivity contribution in [3.05, 3.63) is 58.4 Å². The van der Waals surface area contributed by atoms with Crippen LogP contribution in [0.15, 0.2) is 52.4 Å². The Bertz CT molecular complexity index is 1320. The molecular weight excluding hydrogens is 448 g/mol. The summed E-state index contributed by atoms with van der Waals surface area (Å²) in [5.41, 5.74) is 2.04. The Kier molecular flexibility index (Phi) is 7.30. The molecule has 1 heterocycles. The first-order valence-corrected chi connectivity index (χ1v) is 12.7. The number of amides is 1. The number of carbonyl (C=O) groups excluding carboxylic acids is 2. The summed E-state index contributed by atoms with van der Waals surface area (Å²) in [6.45, 7) is 7.90. The van der Waals surface area contributed by atoms with E-state index in [1.807, 2.05) is 17.6 Å². The van der Waals surface area contributed by atoms with E-state index >= 15 is 0 Å². The molecule has 0 atom stereocenters. The van der Waals surface area contributed by atoms with Crippen LogP contribution in [0.4, 0.5) is 0 Å². The van der Waals surface area contributed by atoms with Gasteiger partial charge in [-0.05, 0) is 63.6 Å². The molecule has 0 aliphatic heterocycles. The van der Waals surface area contributed by atoms with E-state index in [-0.39, 0.29) is 23.2 Å². The third kappa shape index (κ3) is 4.99. The molecule has 7 nitrogen and oxygen atoms in total. The average molecular weight is 475 g/mol. The number of hydrogen-bond acceptors (Lipinski definition) is 6. The van der Waals surface area contributed by atoms with Crippen LogP contribution in [0.25, 0.3) is 10.2 Å². The zero-order chi connectivity index (χ0) is 23.5. The Morgan fingerprint density at radius 3 is 2.38 bits per heavy atom. The standard InChI is InChI=1S/C23H26N2O5S2/c1-5-25-19-12-9-17(22(27)30-6-2)14-20(19)31-23(25)24-21(26)13-16-7-10-18(11-8-16)32(28,29)15(3)4/h7-12,14-15H,5-6,13H2,1-4H3. The van der Waals surface area contributed by atoms with Crippen molar-refractivity contribution in [2.24, 2.45) is 4.99 Å². The summed E-state index contributed by atoms with van der Waals surface area (Å²) in [5.74, 6) is -0.716. The fraction of sp³-hybridized carbons (Fsp3) is 0.348. The molecule has 0 aliphatic rings. The number of fused-ring (bicyclic) bond motifs is 1. The van der Waals surface area contributed by atoms with Gasteiger partial charge in [-0.25, -0.2) is 13.2 Å². The fourth-order valence-corrected chi connectivity index (χ4v) is 5.41. The maximum Gasteiger partial charge on any atom is 0.338 e. The van der Waals surface area contributed by atoms with Gasteiger partial charge in [0, 0.05) is 6.54 Å². The van der Waals surface area contributed by atoms with E-state index in [9.17, 15) is 18.0 Å². The molecule has 170 valence electrons. The normalized spacial score (nSPS) is 12.5. The molecule has 0 radical (unpaired) electrons. The quantitative estimate of drug-likeness (QED) is 0.486.